The zero-order valence-electron chi connectivity index (χ0n) is 7.82. The SMILES string of the molecule is O=CC1(c2ccncc2)CCCC1Cl. The lowest BCUT2D eigenvalue weighted by molar-refractivity contribution is -0.112. The van der Waals surface area contributed by atoms with Gasteiger partial charge in [0.05, 0.1) is 5.41 Å². The van der Waals surface area contributed by atoms with Crippen LogP contribution in [0.25, 0.3) is 0 Å². The highest BCUT2D eigenvalue weighted by atomic mass is 35.5. The van der Waals surface area contributed by atoms with Crippen molar-refractivity contribution in [3.8, 4) is 0 Å². The first-order valence-corrected chi connectivity index (χ1v) is 5.24. The summed E-state index contributed by atoms with van der Waals surface area (Å²) in [5.41, 5.74) is 0.532. The molecular weight excluding hydrogens is 198 g/mol. The molecule has 0 saturated heterocycles. The topological polar surface area (TPSA) is 30.0 Å². The van der Waals surface area contributed by atoms with Crippen LogP contribution in [0.1, 0.15) is 24.8 Å². The van der Waals surface area contributed by atoms with E-state index in [4.69, 9.17) is 11.6 Å². The number of rotatable bonds is 2. The Bertz CT molecular complexity index is 327. The standard InChI is InChI=1S/C11H12ClNO/c12-10-2-1-5-11(10,8-14)9-3-6-13-7-4-9/h3-4,6-8,10H,1-2,5H2. The van der Waals surface area contributed by atoms with Crippen LogP contribution >= 0.6 is 11.6 Å². The second-order valence-electron chi connectivity index (χ2n) is 3.75. The number of nitrogens with zero attached hydrogens (tertiary/aromatic N) is 1. The Hall–Kier alpha value is -0.890. The van der Waals surface area contributed by atoms with Gasteiger partial charge >= 0.3 is 0 Å². The van der Waals surface area contributed by atoms with E-state index >= 15 is 0 Å². The third-order valence-electron chi connectivity index (χ3n) is 3.04. The Labute approximate surface area is 88.3 Å². The van der Waals surface area contributed by atoms with E-state index < -0.39 is 5.41 Å². The van der Waals surface area contributed by atoms with Gasteiger partial charge in [-0.2, -0.15) is 0 Å². The van der Waals surface area contributed by atoms with Crippen LogP contribution in [-0.4, -0.2) is 16.6 Å². The van der Waals surface area contributed by atoms with Crippen LogP contribution in [-0.2, 0) is 10.2 Å². The molecule has 0 bridgehead atoms. The average Bonchev–Trinajstić information content (AvgIpc) is 2.62. The number of aromatic nitrogens is 1. The number of hydrogen-bond donors (Lipinski definition) is 0. The molecule has 1 aromatic heterocycles. The molecule has 1 heterocycles. The predicted molar refractivity (Wildman–Crippen MR) is 55.5 cm³/mol. The predicted octanol–water partition coefficient (Wildman–Crippen LogP) is 2.31. The molecule has 2 nitrogen and oxygen atoms in total. The molecule has 1 aliphatic carbocycles. The summed E-state index contributed by atoms with van der Waals surface area (Å²) in [6, 6.07) is 3.77. The Kier molecular flexibility index (Phi) is 2.55. The van der Waals surface area contributed by atoms with E-state index in [1.54, 1.807) is 12.4 Å². The van der Waals surface area contributed by atoms with Crippen LogP contribution < -0.4 is 0 Å². The number of halogens is 1. The maximum absolute atomic E-state index is 11.2. The molecule has 1 aliphatic rings. The molecule has 74 valence electrons. The lowest BCUT2D eigenvalue weighted by Crippen LogP contribution is -2.33. The minimum atomic E-state index is -0.468. The zero-order chi connectivity index (χ0) is 10.0. The summed E-state index contributed by atoms with van der Waals surface area (Å²) in [5.74, 6) is 0. The molecule has 0 N–H and O–H groups in total. The van der Waals surface area contributed by atoms with Crippen molar-refractivity contribution in [2.45, 2.75) is 30.1 Å². The van der Waals surface area contributed by atoms with Crippen LogP contribution in [0.3, 0.4) is 0 Å². The van der Waals surface area contributed by atoms with E-state index in [2.05, 4.69) is 4.98 Å². The maximum atomic E-state index is 11.2. The number of hydrogen-bond acceptors (Lipinski definition) is 2. The van der Waals surface area contributed by atoms with Gasteiger partial charge in [-0.1, -0.05) is 6.42 Å². The lowest BCUT2D eigenvalue weighted by atomic mass is 9.80. The molecule has 1 saturated carbocycles. The van der Waals surface area contributed by atoms with Gasteiger partial charge < -0.3 is 4.79 Å². The summed E-state index contributed by atoms with van der Waals surface area (Å²) in [7, 11) is 0. The number of aldehydes is 1. The van der Waals surface area contributed by atoms with Crippen molar-refractivity contribution in [3.05, 3.63) is 30.1 Å². The van der Waals surface area contributed by atoms with Gasteiger partial charge in [0.25, 0.3) is 0 Å². The minimum absolute atomic E-state index is 0.0672. The van der Waals surface area contributed by atoms with Crippen molar-refractivity contribution < 1.29 is 4.79 Å². The van der Waals surface area contributed by atoms with Crippen molar-refractivity contribution >= 4 is 17.9 Å². The monoisotopic (exact) mass is 209 g/mol. The molecule has 1 fully saturated rings. The van der Waals surface area contributed by atoms with Crippen molar-refractivity contribution in [1.29, 1.82) is 0 Å². The minimum Gasteiger partial charge on any atom is -0.302 e. The van der Waals surface area contributed by atoms with E-state index in [-0.39, 0.29) is 5.38 Å². The fourth-order valence-electron chi connectivity index (χ4n) is 2.18. The van der Waals surface area contributed by atoms with E-state index in [1.807, 2.05) is 12.1 Å². The van der Waals surface area contributed by atoms with Gasteiger partial charge in [-0.15, -0.1) is 11.6 Å². The smallest absolute Gasteiger partial charge is 0.132 e. The molecule has 2 atom stereocenters. The van der Waals surface area contributed by atoms with Crippen molar-refractivity contribution in [3.63, 3.8) is 0 Å². The normalized spacial score (nSPS) is 31.6. The summed E-state index contributed by atoms with van der Waals surface area (Å²) < 4.78 is 0. The molecule has 3 heteroatoms. The summed E-state index contributed by atoms with van der Waals surface area (Å²) in [6.07, 6.45) is 7.23. The molecule has 0 amide bonds. The highest BCUT2D eigenvalue weighted by molar-refractivity contribution is 6.23. The Morgan fingerprint density at radius 3 is 2.71 bits per heavy atom. The zero-order valence-corrected chi connectivity index (χ0v) is 8.57. The fourth-order valence-corrected chi connectivity index (χ4v) is 2.62. The van der Waals surface area contributed by atoms with Crippen LogP contribution in [0.15, 0.2) is 24.5 Å². The van der Waals surface area contributed by atoms with E-state index in [0.29, 0.717) is 0 Å². The second kappa shape index (κ2) is 3.70. The Morgan fingerprint density at radius 2 is 2.21 bits per heavy atom. The van der Waals surface area contributed by atoms with Gasteiger partial charge in [0, 0.05) is 17.8 Å². The molecule has 0 radical (unpaired) electrons. The van der Waals surface area contributed by atoms with Crippen LogP contribution in [0.5, 0.6) is 0 Å². The molecule has 2 unspecified atom stereocenters. The Balaban J connectivity index is 2.43. The Morgan fingerprint density at radius 1 is 1.50 bits per heavy atom. The van der Waals surface area contributed by atoms with E-state index in [0.717, 1.165) is 31.1 Å². The van der Waals surface area contributed by atoms with Crippen molar-refractivity contribution in [1.82, 2.24) is 4.98 Å². The number of carbonyl (C=O) groups excluding carboxylic acids is 1. The molecule has 0 spiro atoms. The third-order valence-corrected chi connectivity index (χ3v) is 3.64. The van der Waals surface area contributed by atoms with Gasteiger partial charge in [0.2, 0.25) is 0 Å². The lowest BCUT2D eigenvalue weighted by Gasteiger charge is -2.26. The van der Waals surface area contributed by atoms with Crippen LogP contribution in [0.2, 0.25) is 0 Å². The molecule has 1 aromatic rings. The average molecular weight is 210 g/mol. The molecule has 14 heavy (non-hydrogen) atoms. The van der Waals surface area contributed by atoms with Crippen molar-refractivity contribution in [2.75, 3.05) is 0 Å². The number of alkyl halides is 1. The maximum Gasteiger partial charge on any atom is 0.132 e. The van der Waals surface area contributed by atoms with Crippen molar-refractivity contribution in [2.24, 2.45) is 0 Å². The quantitative estimate of drug-likeness (QED) is 0.553. The highest BCUT2D eigenvalue weighted by Gasteiger charge is 2.43. The van der Waals surface area contributed by atoms with Gasteiger partial charge in [-0.05, 0) is 30.5 Å². The van der Waals surface area contributed by atoms with E-state index in [9.17, 15) is 4.79 Å². The summed E-state index contributed by atoms with van der Waals surface area (Å²) in [4.78, 5) is 15.2. The first-order valence-electron chi connectivity index (χ1n) is 4.80. The van der Waals surface area contributed by atoms with Gasteiger partial charge in [-0.25, -0.2) is 0 Å². The number of pyridine rings is 1. The second-order valence-corrected chi connectivity index (χ2v) is 4.28. The first-order chi connectivity index (χ1) is 6.79. The van der Waals surface area contributed by atoms with Gasteiger partial charge in [0.15, 0.2) is 0 Å². The summed E-state index contributed by atoms with van der Waals surface area (Å²) >= 11 is 6.22. The first kappa shape index (κ1) is 9.66. The number of carbonyl (C=O) groups is 1. The molecule has 0 aromatic carbocycles. The summed E-state index contributed by atoms with van der Waals surface area (Å²) in [5, 5.41) is -0.0672. The highest BCUT2D eigenvalue weighted by Crippen LogP contribution is 2.42. The van der Waals surface area contributed by atoms with E-state index in [1.165, 1.54) is 0 Å². The fraction of sp³-hybridized carbons (Fsp3) is 0.455. The van der Waals surface area contributed by atoms with Gasteiger partial charge in [-0.3, -0.25) is 4.98 Å². The molecule has 2 rings (SSSR count). The molecule has 0 aliphatic heterocycles. The largest absolute Gasteiger partial charge is 0.302 e. The third kappa shape index (κ3) is 1.34. The molecular formula is C11H12ClNO. The summed E-state index contributed by atoms with van der Waals surface area (Å²) in [6.45, 7) is 0. The van der Waals surface area contributed by atoms with Crippen LogP contribution in [0, 0.1) is 0 Å². The van der Waals surface area contributed by atoms with Crippen LogP contribution in [0.4, 0.5) is 0 Å². The van der Waals surface area contributed by atoms with Gasteiger partial charge in [0.1, 0.15) is 6.29 Å².